The van der Waals surface area contributed by atoms with E-state index in [1.54, 1.807) is 25.1 Å². The van der Waals surface area contributed by atoms with Gasteiger partial charge in [-0.05, 0) is 48.9 Å². The van der Waals surface area contributed by atoms with Crippen molar-refractivity contribution >= 4 is 29.1 Å². The molecule has 0 aliphatic heterocycles. The Morgan fingerprint density at radius 1 is 1.16 bits per heavy atom. The first-order chi connectivity index (χ1) is 11.8. The number of nitrogens with one attached hydrogen (secondary N) is 2. The second-order valence-electron chi connectivity index (χ2n) is 5.59. The van der Waals surface area contributed by atoms with E-state index in [0.717, 1.165) is 5.56 Å². The molecule has 0 saturated carbocycles. The molecule has 5 nitrogen and oxygen atoms in total. The van der Waals surface area contributed by atoms with Crippen LogP contribution in [0, 0.1) is 5.82 Å². The number of methoxy groups -OCH3 is 1. The molecule has 2 aromatic rings. The highest BCUT2D eigenvalue weighted by Crippen LogP contribution is 2.26. The van der Waals surface area contributed by atoms with Crippen molar-refractivity contribution < 1.29 is 18.7 Å². The summed E-state index contributed by atoms with van der Waals surface area (Å²) in [5.74, 6) is -2.11. The van der Waals surface area contributed by atoms with Crippen LogP contribution in [0.25, 0.3) is 0 Å². The SMILES string of the molecule is COC(C)(CNC(=O)C(=O)Nc1ccc(F)cc1)c1cccc(Cl)c1. The van der Waals surface area contributed by atoms with E-state index >= 15 is 0 Å². The summed E-state index contributed by atoms with van der Waals surface area (Å²) in [6, 6.07) is 12.2. The fraction of sp³-hybridized carbons (Fsp3) is 0.222. The van der Waals surface area contributed by atoms with Gasteiger partial charge in [-0.1, -0.05) is 23.7 Å². The van der Waals surface area contributed by atoms with Gasteiger partial charge >= 0.3 is 11.8 Å². The lowest BCUT2D eigenvalue weighted by Gasteiger charge is -2.29. The number of hydrogen-bond donors (Lipinski definition) is 2. The fourth-order valence-electron chi connectivity index (χ4n) is 2.16. The molecule has 0 radical (unpaired) electrons. The van der Waals surface area contributed by atoms with E-state index in [1.165, 1.54) is 31.4 Å². The predicted octanol–water partition coefficient (Wildman–Crippen LogP) is 3.10. The molecular formula is C18H18ClFN2O3. The molecule has 0 bridgehead atoms. The Balaban J connectivity index is 1.99. The van der Waals surface area contributed by atoms with Gasteiger partial charge in [0, 0.05) is 17.8 Å². The van der Waals surface area contributed by atoms with Gasteiger partial charge in [-0.2, -0.15) is 0 Å². The average Bonchev–Trinajstić information content (AvgIpc) is 2.61. The predicted molar refractivity (Wildman–Crippen MR) is 93.9 cm³/mol. The Hall–Kier alpha value is -2.44. The Morgan fingerprint density at radius 3 is 2.44 bits per heavy atom. The van der Waals surface area contributed by atoms with Crippen LogP contribution in [-0.4, -0.2) is 25.5 Å². The molecule has 132 valence electrons. The maximum absolute atomic E-state index is 12.8. The topological polar surface area (TPSA) is 67.4 Å². The van der Waals surface area contributed by atoms with Gasteiger partial charge in [-0.25, -0.2) is 4.39 Å². The first-order valence-electron chi connectivity index (χ1n) is 7.50. The van der Waals surface area contributed by atoms with Gasteiger partial charge in [-0.15, -0.1) is 0 Å². The summed E-state index contributed by atoms with van der Waals surface area (Å²) >= 11 is 5.99. The first-order valence-corrected chi connectivity index (χ1v) is 7.88. The van der Waals surface area contributed by atoms with Crippen LogP contribution in [0.2, 0.25) is 5.02 Å². The molecule has 0 aliphatic carbocycles. The molecule has 1 unspecified atom stereocenters. The van der Waals surface area contributed by atoms with Crippen LogP contribution in [0.5, 0.6) is 0 Å². The van der Waals surface area contributed by atoms with Crippen LogP contribution in [-0.2, 0) is 19.9 Å². The van der Waals surface area contributed by atoms with Gasteiger partial charge < -0.3 is 15.4 Å². The van der Waals surface area contributed by atoms with E-state index in [4.69, 9.17) is 16.3 Å². The van der Waals surface area contributed by atoms with E-state index in [-0.39, 0.29) is 6.54 Å². The Bertz CT molecular complexity index is 767. The quantitative estimate of drug-likeness (QED) is 0.801. The van der Waals surface area contributed by atoms with Gasteiger partial charge in [0.2, 0.25) is 0 Å². The van der Waals surface area contributed by atoms with Crippen molar-refractivity contribution in [2.45, 2.75) is 12.5 Å². The number of halogens is 2. The van der Waals surface area contributed by atoms with Crippen molar-refractivity contribution in [1.82, 2.24) is 5.32 Å². The van der Waals surface area contributed by atoms with Crippen molar-refractivity contribution in [3.8, 4) is 0 Å². The minimum absolute atomic E-state index is 0.0690. The minimum Gasteiger partial charge on any atom is -0.372 e. The van der Waals surface area contributed by atoms with Crippen molar-refractivity contribution in [3.63, 3.8) is 0 Å². The van der Waals surface area contributed by atoms with Gasteiger partial charge in [-0.3, -0.25) is 9.59 Å². The van der Waals surface area contributed by atoms with Crippen molar-refractivity contribution in [2.24, 2.45) is 0 Å². The lowest BCUT2D eigenvalue weighted by molar-refractivity contribution is -0.137. The molecule has 0 aromatic heterocycles. The van der Waals surface area contributed by atoms with E-state index in [0.29, 0.717) is 10.7 Å². The molecule has 0 heterocycles. The molecule has 1 atom stereocenters. The van der Waals surface area contributed by atoms with Crippen LogP contribution in [0.4, 0.5) is 10.1 Å². The fourth-order valence-corrected chi connectivity index (χ4v) is 2.35. The van der Waals surface area contributed by atoms with Gasteiger partial charge in [0.15, 0.2) is 0 Å². The molecule has 2 N–H and O–H groups in total. The van der Waals surface area contributed by atoms with E-state index < -0.39 is 23.2 Å². The summed E-state index contributed by atoms with van der Waals surface area (Å²) in [6.07, 6.45) is 0. The molecular weight excluding hydrogens is 347 g/mol. The normalized spacial score (nSPS) is 13.0. The molecule has 0 spiro atoms. The summed E-state index contributed by atoms with van der Waals surface area (Å²) in [5.41, 5.74) is 0.240. The number of carbonyl (C=O) groups excluding carboxylic acids is 2. The van der Waals surface area contributed by atoms with Gasteiger partial charge in [0.25, 0.3) is 0 Å². The zero-order valence-electron chi connectivity index (χ0n) is 13.8. The molecule has 25 heavy (non-hydrogen) atoms. The Labute approximate surface area is 150 Å². The zero-order valence-corrected chi connectivity index (χ0v) is 14.6. The molecule has 2 amide bonds. The third kappa shape index (κ3) is 5.01. The highest BCUT2D eigenvalue weighted by atomic mass is 35.5. The maximum atomic E-state index is 12.8. The Kier molecular flexibility index (Phi) is 6.12. The summed E-state index contributed by atoms with van der Waals surface area (Å²) in [4.78, 5) is 23.9. The molecule has 0 aliphatic rings. The van der Waals surface area contributed by atoms with Crippen molar-refractivity contribution in [2.75, 3.05) is 19.0 Å². The summed E-state index contributed by atoms with van der Waals surface area (Å²) < 4.78 is 18.3. The number of amides is 2. The number of benzene rings is 2. The second-order valence-corrected chi connectivity index (χ2v) is 6.03. The minimum atomic E-state index is -0.851. The standard InChI is InChI=1S/C18H18ClFN2O3/c1-18(25-2,12-4-3-5-13(19)10-12)11-21-16(23)17(24)22-15-8-6-14(20)7-9-15/h3-10H,11H2,1-2H3,(H,21,23)(H,22,24). The van der Waals surface area contributed by atoms with Crippen LogP contribution in [0.1, 0.15) is 12.5 Å². The molecule has 0 fully saturated rings. The smallest absolute Gasteiger partial charge is 0.313 e. The first kappa shape index (κ1) is 18.9. The highest BCUT2D eigenvalue weighted by molar-refractivity contribution is 6.39. The van der Waals surface area contributed by atoms with Crippen LogP contribution in [0.15, 0.2) is 48.5 Å². The average molecular weight is 365 g/mol. The summed E-state index contributed by atoms with van der Waals surface area (Å²) in [5, 5.41) is 5.47. The summed E-state index contributed by atoms with van der Waals surface area (Å²) in [6.45, 7) is 1.84. The van der Waals surface area contributed by atoms with E-state index in [1.807, 2.05) is 6.07 Å². The van der Waals surface area contributed by atoms with Crippen molar-refractivity contribution in [1.29, 1.82) is 0 Å². The zero-order chi connectivity index (χ0) is 18.4. The van der Waals surface area contributed by atoms with Gasteiger partial charge in [0.05, 0.1) is 6.54 Å². The van der Waals surface area contributed by atoms with Gasteiger partial charge in [0.1, 0.15) is 11.4 Å². The molecule has 0 saturated heterocycles. The van der Waals surface area contributed by atoms with Crippen LogP contribution < -0.4 is 10.6 Å². The third-order valence-electron chi connectivity index (χ3n) is 3.78. The largest absolute Gasteiger partial charge is 0.372 e. The van der Waals surface area contributed by atoms with Crippen molar-refractivity contribution in [3.05, 3.63) is 64.9 Å². The number of anilines is 1. The second kappa shape index (κ2) is 8.09. The van der Waals surface area contributed by atoms with Crippen LogP contribution in [0.3, 0.4) is 0 Å². The highest BCUT2D eigenvalue weighted by Gasteiger charge is 2.28. The Morgan fingerprint density at radius 2 is 1.84 bits per heavy atom. The number of carbonyl (C=O) groups is 2. The molecule has 2 aromatic carbocycles. The van der Waals surface area contributed by atoms with E-state index in [9.17, 15) is 14.0 Å². The third-order valence-corrected chi connectivity index (χ3v) is 4.02. The lowest BCUT2D eigenvalue weighted by Crippen LogP contribution is -2.44. The number of rotatable bonds is 5. The number of ether oxygens (including phenoxy) is 1. The monoisotopic (exact) mass is 364 g/mol. The van der Waals surface area contributed by atoms with Crippen LogP contribution >= 0.6 is 11.6 Å². The van der Waals surface area contributed by atoms with E-state index in [2.05, 4.69) is 10.6 Å². The summed E-state index contributed by atoms with van der Waals surface area (Å²) in [7, 11) is 1.51. The number of hydrogen-bond acceptors (Lipinski definition) is 3. The molecule has 2 rings (SSSR count). The maximum Gasteiger partial charge on any atom is 0.313 e. The molecule has 7 heteroatoms. The lowest BCUT2D eigenvalue weighted by atomic mass is 9.95.